The van der Waals surface area contributed by atoms with Crippen molar-refractivity contribution in [1.29, 1.82) is 0 Å². The van der Waals surface area contributed by atoms with Gasteiger partial charge in [0.1, 0.15) is 28.2 Å². The Morgan fingerprint density at radius 3 is 1.38 bits per heavy atom. The molecule has 0 unspecified atom stereocenters. The summed E-state index contributed by atoms with van der Waals surface area (Å²) in [6, 6.07) is 50.9. The Hall–Kier alpha value is -6.52. The molecule has 4 heteroatoms. The van der Waals surface area contributed by atoms with E-state index in [1.54, 1.807) is 6.92 Å². The summed E-state index contributed by atoms with van der Waals surface area (Å²) in [5, 5.41) is 0. The molecule has 340 valence electrons. The first-order valence-corrected chi connectivity index (χ1v) is 23.5. The lowest BCUT2D eigenvalue weighted by atomic mass is 9.94. The first-order valence-electron chi connectivity index (χ1n) is 24.5. The molecule has 0 spiro atoms. The second-order valence-electron chi connectivity index (χ2n) is 18.0. The number of pyridine rings is 4. The van der Waals surface area contributed by atoms with Crippen LogP contribution in [0.4, 0.5) is 0 Å². The second kappa shape index (κ2) is 24.1. The maximum absolute atomic E-state index is 7.74. The van der Waals surface area contributed by atoms with Crippen molar-refractivity contribution in [3.8, 4) is 45.0 Å². The molecule has 66 heavy (non-hydrogen) atoms. The molecule has 0 aliphatic rings. The number of aromatic nitrogens is 4. The normalized spacial score (nSPS) is 11.3. The minimum atomic E-state index is -1.30. The van der Waals surface area contributed by atoms with E-state index in [-0.39, 0.29) is 0 Å². The van der Waals surface area contributed by atoms with Gasteiger partial charge in [0.05, 0.1) is 0 Å². The van der Waals surface area contributed by atoms with Crippen molar-refractivity contribution in [2.24, 2.45) is 28.2 Å². The average molecular weight is 879 g/mol. The Kier molecular flexibility index (Phi) is 17.3. The van der Waals surface area contributed by atoms with Gasteiger partial charge in [-0.1, -0.05) is 114 Å². The van der Waals surface area contributed by atoms with Crippen LogP contribution in [0.5, 0.6) is 0 Å². The molecular weight excluding hydrogens is 801 g/mol. The van der Waals surface area contributed by atoms with Crippen LogP contribution >= 0.6 is 0 Å². The van der Waals surface area contributed by atoms with Crippen molar-refractivity contribution in [2.75, 3.05) is 0 Å². The molecule has 8 rings (SSSR count). The third-order valence-electron chi connectivity index (χ3n) is 12.4. The number of hydrogen-bond donors (Lipinski definition) is 0. The van der Waals surface area contributed by atoms with E-state index in [1.807, 2.05) is 42.1 Å². The molecule has 0 bridgehead atoms. The third kappa shape index (κ3) is 12.8. The first kappa shape index (κ1) is 47.4. The van der Waals surface area contributed by atoms with Crippen molar-refractivity contribution in [3.05, 3.63) is 215 Å². The predicted octanol–water partition coefficient (Wildman–Crippen LogP) is 13.3. The van der Waals surface area contributed by atoms with Crippen LogP contribution in [0.2, 0.25) is 0 Å². The van der Waals surface area contributed by atoms with Crippen molar-refractivity contribution < 1.29 is 21.0 Å². The van der Waals surface area contributed by atoms with E-state index in [1.165, 1.54) is 78.3 Å². The molecule has 0 fully saturated rings. The molecule has 4 aromatic heterocycles. The Labute approximate surface area is 401 Å². The first-order chi connectivity index (χ1) is 32.3. The molecular formula is C62H76N4+4. The SMILES string of the molecule is CCc1ccc[n+](C)c1-c1ccccc1C.Cc1ccccc1-c1c(C(C)C)ccc[n+]1C.Cc1ccccc1-c1cc(C(C)C)cc[n+]1C.[2H]C([2H])(C)c1ccc(-c2ccccc2C)[n+](C)c1. The Morgan fingerprint density at radius 2 is 0.909 bits per heavy atom. The number of aryl methyl sites for hydroxylation is 10. The molecule has 0 N–H and O–H groups in total. The fraction of sp³-hybridized carbons (Fsp3) is 0.290. The fourth-order valence-corrected chi connectivity index (χ4v) is 8.41. The van der Waals surface area contributed by atoms with Gasteiger partial charge in [-0.15, -0.1) is 0 Å². The van der Waals surface area contributed by atoms with Gasteiger partial charge in [0.2, 0.25) is 22.8 Å². The summed E-state index contributed by atoms with van der Waals surface area (Å²) in [5.74, 6) is 1.11. The van der Waals surface area contributed by atoms with Gasteiger partial charge in [-0.25, -0.2) is 18.3 Å². The summed E-state index contributed by atoms with van der Waals surface area (Å²) in [4.78, 5) is 0. The van der Waals surface area contributed by atoms with E-state index in [0.717, 1.165) is 12.1 Å². The van der Waals surface area contributed by atoms with E-state index in [2.05, 4.69) is 237 Å². The zero-order chi connectivity index (χ0) is 49.7. The van der Waals surface area contributed by atoms with E-state index >= 15 is 0 Å². The average Bonchev–Trinajstić information content (AvgIpc) is 3.30. The molecule has 0 aliphatic carbocycles. The third-order valence-corrected chi connectivity index (χ3v) is 12.4. The van der Waals surface area contributed by atoms with E-state index in [4.69, 9.17) is 2.74 Å². The lowest BCUT2D eigenvalue weighted by Gasteiger charge is -2.11. The molecule has 4 aromatic carbocycles. The van der Waals surface area contributed by atoms with E-state index < -0.39 is 6.37 Å². The number of hydrogen-bond acceptors (Lipinski definition) is 0. The summed E-state index contributed by atoms with van der Waals surface area (Å²) < 4.78 is 24.1. The van der Waals surface area contributed by atoms with Crippen molar-refractivity contribution in [2.45, 2.75) is 93.9 Å². The molecule has 8 aromatic rings. The van der Waals surface area contributed by atoms with E-state index in [0.29, 0.717) is 17.4 Å². The summed E-state index contributed by atoms with van der Waals surface area (Å²) >= 11 is 0. The summed E-state index contributed by atoms with van der Waals surface area (Å²) in [6.07, 6.45) is 8.01. The molecule has 0 radical (unpaired) electrons. The van der Waals surface area contributed by atoms with Crippen LogP contribution in [0.25, 0.3) is 45.0 Å². The van der Waals surface area contributed by atoms with Gasteiger partial charge in [-0.05, 0) is 123 Å². The second-order valence-corrected chi connectivity index (χ2v) is 18.0. The standard InChI is InChI=1S/2C16H20N.2C15H18N/c1-12(2)14-10-7-11-17(4)16(14)15-9-6-5-8-13(15)3;1-12(2)14-9-10-17(4)16(11-14)15-8-6-5-7-13(15)3;1-4-13-9-7-11-16(3)15(13)14-10-6-5-8-12(14)2;1-4-13-9-10-15(16(3)11-13)14-8-6-5-7-12(14)2/h2*5-12H,1-4H3;2*5-11H,4H2,1-3H3/q4*+1/i;;;4D2. The molecule has 0 saturated heterocycles. The van der Waals surface area contributed by atoms with Gasteiger partial charge in [0, 0.05) is 72.0 Å². The topological polar surface area (TPSA) is 15.5 Å². The smallest absolute Gasteiger partial charge is 0.201 e. The van der Waals surface area contributed by atoms with Gasteiger partial charge in [-0.3, -0.25) is 0 Å². The highest BCUT2D eigenvalue weighted by atomic mass is 14.9. The molecule has 0 saturated carbocycles. The summed E-state index contributed by atoms with van der Waals surface area (Å²) in [5.41, 5.74) is 20.3. The van der Waals surface area contributed by atoms with Crippen LogP contribution in [-0.2, 0) is 41.0 Å². The van der Waals surface area contributed by atoms with Crippen LogP contribution in [-0.4, -0.2) is 0 Å². The lowest BCUT2D eigenvalue weighted by molar-refractivity contribution is -0.660. The molecule has 0 amide bonds. The minimum Gasteiger partial charge on any atom is -0.201 e. The van der Waals surface area contributed by atoms with Gasteiger partial charge >= 0.3 is 0 Å². The van der Waals surface area contributed by atoms with E-state index in [9.17, 15) is 0 Å². The highest BCUT2D eigenvalue weighted by molar-refractivity contribution is 5.66. The molecule has 0 aliphatic heterocycles. The highest BCUT2D eigenvalue weighted by Gasteiger charge is 2.20. The van der Waals surface area contributed by atoms with Crippen molar-refractivity contribution in [3.63, 3.8) is 0 Å². The fourth-order valence-electron chi connectivity index (χ4n) is 8.41. The van der Waals surface area contributed by atoms with Gasteiger partial charge in [-0.2, -0.15) is 0 Å². The van der Waals surface area contributed by atoms with Crippen molar-refractivity contribution in [1.82, 2.24) is 0 Å². The summed E-state index contributed by atoms with van der Waals surface area (Å²) in [6.45, 7) is 21.3. The zero-order valence-corrected chi connectivity index (χ0v) is 42.3. The molecule has 4 nitrogen and oxygen atoms in total. The van der Waals surface area contributed by atoms with Gasteiger partial charge in [0.25, 0.3) is 0 Å². The van der Waals surface area contributed by atoms with Crippen molar-refractivity contribution >= 4 is 0 Å². The zero-order valence-electron chi connectivity index (χ0n) is 44.3. The Morgan fingerprint density at radius 1 is 0.439 bits per heavy atom. The monoisotopic (exact) mass is 879 g/mol. The molecule has 0 atom stereocenters. The predicted molar refractivity (Wildman–Crippen MR) is 278 cm³/mol. The lowest BCUT2D eigenvalue weighted by Crippen LogP contribution is -2.32. The van der Waals surface area contributed by atoms with Gasteiger partial charge in [0.15, 0.2) is 24.8 Å². The number of nitrogens with zero attached hydrogens (tertiary/aromatic N) is 4. The number of rotatable bonds is 8. The maximum Gasteiger partial charge on any atom is 0.215 e. The van der Waals surface area contributed by atoms with Crippen LogP contribution in [0.1, 0.15) is 101 Å². The largest absolute Gasteiger partial charge is 0.215 e. The number of benzene rings is 4. The van der Waals surface area contributed by atoms with Crippen LogP contribution < -0.4 is 18.3 Å². The van der Waals surface area contributed by atoms with Crippen LogP contribution in [0, 0.1) is 27.7 Å². The van der Waals surface area contributed by atoms with Crippen LogP contribution in [0.3, 0.4) is 0 Å². The van der Waals surface area contributed by atoms with Crippen LogP contribution in [0.15, 0.2) is 170 Å². The molecule has 4 heterocycles. The summed E-state index contributed by atoms with van der Waals surface area (Å²) in [7, 11) is 8.29. The minimum absolute atomic E-state index is 0.539. The Bertz CT molecular complexity index is 2920. The quantitative estimate of drug-likeness (QED) is 0.135. The highest BCUT2D eigenvalue weighted by Crippen LogP contribution is 2.29. The Balaban J connectivity index is 0.000000170. The maximum atomic E-state index is 7.74. The van der Waals surface area contributed by atoms with Gasteiger partial charge < -0.3 is 0 Å².